The smallest absolute Gasteiger partial charge is 0.335 e. The van der Waals surface area contributed by atoms with Crippen LogP contribution in [0.3, 0.4) is 0 Å². The van der Waals surface area contributed by atoms with Crippen LogP contribution in [0, 0.1) is 10.1 Å². The molecular formula is C24H19N3O6. The van der Waals surface area contributed by atoms with Gasteiger partial charge in [-0.15, -0.1) is 0 Å². The molecule has 0 unspecified atom stereocenters. The molecular weight excluding hydrogens is 426 g/mol. The summed E-state index contributed by atoms with van der Waals surface area (Å²) in [5.41, 5.74) is 1.17. The highest BCUT2D eigenvalue weighted by Gasteiger charge is 2.37. The van der Waals surface area contributed by atoms with E-state index in [1.807, 2.05) is 26.0 Å². The Morgan fingerprint density at radius 2 is 1.70 bits per heavy atom. The van der Waals surface area contributed by atoms with Crippen molar-refractivity contribution in [2.75, 3.05) is 4.90 Å². The van der Waals surface area contributed by atoms with Crippen LogP contribution < -0.4 is 10.2 Å². The van der Waals surface area contributed by atoms with Crippen LogP contribution in [-0.4, -0.2) is 22.8 Å². The molecule has 2 aromatic carbocycles. The molecule has 4 amide bonds. The van der Waals surface area contributed by atoms with Crippen molar-refractivity contribution >= 4 is 35.3 Å². The Kier molecular flexibility index (Phi) is 5.61. The summed E-state index contributed by atoms with van der Waals surface area (Å²) >= 11 is 0. The summed E-state index contributed by atoms with van der Waals surface area (Å²) in [7, 11) is 0. The number of furan rings is 1. The number of nitrogens with one attached hydrogen (secondary N) is 1. The zero-order valence-corrected chi connectivity index (χ0v) is 17.8. The van der Waals surface area contributed by atoms with Gasteiger partial charge in [0.1, 0.15) is 17.1 Å². The van der Waals surface area contributed by atoms with Crippen LogP contribution in [0.5, 0.6) is 0 Å². The summed E-state index contributed by atoms with van der Waals surface area (Å²) in [6.45, 7) is 4.05. The number of imide groups is 2. The SMILES string of the molecule is CC(C)c1ccc(N2C(=O)NC(=O)C(=Cc3ccc(-c4ccccc4[N+](=O)[O-])o3)C2=O)cc1. The first kappa shape index (κ1) is 21.7. The van der Waals surface area contributed by atoms with Gasteiger partial charge >= 0.3 is 6.03 Å². The second-order valence-electron chi connectivity index (χ2n) is 7.68. The number of nitro groups is 1. The summed E-state index contributed by atoms with van der Waals surface area (Å²) in [4.78, 5) is 49.4. The topological polar surface area (TPSA) is 123 Å². The van der Waals surface area contributed by atoms with Crippen molar-refractivity contribution in [3.8, 4) is 11.3 Å². The van der Waals surface area contributed by atoms with Crippen molar-refractivity contribution in [3.05, 3.63) is 87.7 Å². The molecule has 3 aromatic rings. The number of hydrogen-bond acceptors (Lipinski definition) is 6. The molecule has 1 aliphatic rings. The molecule has 9 nitrogen and oxygen atoms in total. The zero-order chi connectivity index (χ0) is 23.7. The van der Waals surface area contributed by atoms with E-state index >= 15 is 0 Å². The number of barbiturate groups is 1. The van der Waals surface area contributed by atoms with Crippen molar-refractivity contribution in [2.24, 2.45) is 0 Å². The van der Waals surface area contributed by atoms with Gasteiger partial charge in [-0.3, -0.25) is 25.0 Å². The van der Waals surface area contributed by atoms with E-state index in [0.717, 1.165) is 10.5 Å². The average Bonchev–Trinajstić information content (AvgIpc) is 3.25. The number of nitro benzene ring substituents is 1. The summed E-state index contributed by atoms with van der Waals surface area (Å²) in [6, 6.07) is 15.1. The summed E-state index contributed by atoms with van der Waals surface area (Å²) in [6.07, 6.45) is 1.21. The highest BCUT2D eigenvalue weighted by molar-refractivity contribution is 6.39. The lowest BCUT2D eigenvalue weighted by molar-refractivity contribution is -0.384. The standard InChI is InChI=1S/C24H19N3O6/c1-14(2)15-7-9-16(10-8-15)26-23(29)19(22(28)25-24(26)30)13-17-11-12-21(33-17)18-5-3-4-6-20(18)27(31)32/h3-14H,1-2H3,(H,25,28,30). The van der Waals surface area contributed by atoms with Crippen LogP contribution in [-0.2, 0) is 9.59 Å². The third kappa shape index (κ3) is 4.16. The van der Waals surface area contributed by atoms with Gasteiger partial charge in [-0.1, -0.05) is 38.1 Å². The minimum Gasteiger partial charge on any atom is -0.456 e. The van der Waals surface area contributed by atoms with Crippen molar-refractivity contribution < 1.29 is 23.7 Å². The van der Waals surface area contributed by atoms with Crippen LogP contribution in [0.25, 0.3) is 17.4 Å². The van der Waals surface area contributed by atoms with Crippen molar-refractivity contribution in [1.29, 1.82) is 0 Å². The normalized spacial score (nSPS) is 15.3. The lowest BCUT2D eigenvalue weighted by Crippen LogP contribution is -2.54. The van der Waals surface area contributed by atoms with E-state index in [1.54, 1.807) is 18.2 Å². The van der Waals surface area contributed by atoms with Gasteiger partial charge in [0.05, 0.1) is 16.2 Å². The highest BCUT2D eigenvalue weighted by atomic mass is 16.6. The Morgan fingerprint density at radius 3 is 2.36 bits per heavy atom. The number of anilines is 1. The number of nitrogens with zero attached hydrogens (tertiary/aromatic N) is 2. The molecule has 0 radical (unpaired) electrons. The predicted octanol–water partition coefficient (Wildman–Crippen LogP) is 4.64. The fraction of sp³-hybridized carbons (Fsp3) is 0.125. The van der Waals surface area contributed by atoms with Crippen molar-refractivity contribution in [2.45, 2.75) is 19.8 Å². The molecule has 166 valence electrons. The van der Waals surface area contributed by atoms with Crippen LogP contribution in [0.15, 0.2) is 70.7 Å². The van der Waals surface area contributed by atoms with Crippen LogP contribution in [0.1, 0.15) is 31.1 Å². The minimum absolute atomic E-state index is 0.131. The average molecular weight is 445 g/mol. The van der Waals surface area contributed by atoms with E-state index in [4.69, 9.17) is 4.42 Å². The number of para-hydroxylation sites is 1. The van der Waals surface area contributed by atoms with Crippen molar-refractivity contribution in [3.63, 3.8) is 0 Å². The number of carbonyl (C=O) groups excluding carboxylic acids is 3. The summed E-state index contributed by atoms with van der Waals surface area (Å²) < 4.78 is 5.65. The maximum Gasteiger partial charge on any atom is 0.335 e. The van der Waals surface area contributed by atoms with Gasteiger partial charge in [0.2, 0.25) is 0 Å². The Bertz CT molecular complexity index is 1300. The number of urea groups is 1. The molecule has 1 N–H and O–H groups in total. The van der Waals surface area contributed by atoms with Gasteiger partial charge in [-0.05, 0) is 47.9 Å². The van der Waals surface area contributed by atoms with E-state index in [2.05, 4.69) is 5.32 Å². The van der Waals surface area contributed by atoms with E-state index in [-0.39, 0.29) is 34.3 Å². The third-order valence-electron chi connectivity index (χ3n) is 5.20. The fourth-order valence-electron chi connectivity index (χ4n) is 3.46. The molecule has 1 aliphatic heterocycles. The number of rotatable bonds is 5. The van der Waals surface area contributed by atoms with Gasteiger partial charge in [0, 0.05) is 6.07 Å². The second-order valence-corrected chi connectivity index (χ2v) is 7.68. The minimum atomic E-state index is -0.858. The first-order valence-corrected chi connectivity index (χ1v) is 10.1. The molecule has 0 atom stereocenters. The molecule has 2 heterocycles. The lowest BCUT2D eigenvalue weighted by atomic mass is 10.0. The first-order valence-electron chi connectivity index (χ1n) is 10.1. The molecule has 4 rings (SSSR count). The molecule has 0 spiro atoms. The van der Waals surface area contributed by atoms with Gasteiger partial charge in [-0.2, -0.15) is 0 Å². The van der Waals surface area contributed by atoms with Gasteiger partial charge in [0.15, 0.2) is 0 Å². The van der Waals surface area contributed by atoms with Gasteiger partial charge < -0.3 is 4.42 Å². The number of hydrogen-bond donors (Lipinski definition) is 1. The maximum absolute atomic E-state index is 13.0. The van der Waals surface area contributed by atoms with Crippen LogP contribution in [0.2, 0.25) is 0 Å². The highest BCUT2D eigenvalue weighted by Crippen LogP contribution is 2.32. The third-order valence-corrected chi connectivity index (χ3v) is 5.20. The van der Waals surface area contributed by atoms with Crippen molar-refractivity contribution in [1.82, 2.24) is 5.32 Å². The fourth-order valence-corrected chi connectivity index (χ4v) is 3.46. The van der Waals surface area contributed by atoms with E-state index in [9.17, 15) is 24.5 Å². The van der Waals surface area contributed by atoms with Gasteiger partial charge in [-0.25, -0.2) is 9.69 Å². The number of amides is 4. The molecule has 0 saturated carbocycles. The Balaban J connectivity index is 1.67. The molecule has 1 aromatic heterocycles. The van der Waals surface area contributed by atoms with E-state index < -0.39 is 22.8 Å². The van der Waals surface area contributed by atoms with Crippen LogP contribution in [0.4, 0.5) is 16.2 Å². The second kappa shape index (κ2) is 8.54. The summed E-state index contributed by atoms with van der Waals surface area (Å²) in [5.74, 6) is -1.05. The number of benzene rings is 2. The Morgan fingerprint density at radius 1 is 1.00 bits per heavy atom. The molecule has 33 heavy (non-hydrogen) atoms. The maximum atomic E-state index is 13.0. The molecule has 0 bridgehead atoms. The summed E-state index contributed by atoms with van der Waals surface area (Å²) in [5, 5.41) is 13.4. The molecule has 1 saturated heterocycles. The van der Waals surface area contributed by atoms with Gasteiger partial charge in [0.25, 0.3) is 17.5 Å². The number of carbonyl (C=O) groups is 3. The van der Waals surface area contributed by atoms with E-state index in [0.29, 0.717) is 5.69 Å². The lowest BCUT2D eigenvalue weighted by Gasteiger charge is -2.26. The van der Waals surface area contributed by atoms with Crippen LogP contribution >= 0.6 is 0 Å². The Hall–Kier alpha value is -4.53. The first-order chi connectivity index (χ1) is 15.8. The van der Waals surface area contributed by atoms with E-state index in [1.165, 1.54) is 36.4 Å². The molecule has 0 aliphatic carbocycles. The quantitative estimate of drug-likeness (QED) is 0.264. The molecule has 9 heteroatoms. The molecule has 1 fully saturated rings. The predicted molar refractivity (Wildman–Crippen MR) is 120 cm³/mol. The zero-order valence-electron chi connectivity index (χ0n) is 17.8. The largest absolute Gasteiger partial charge is 0.456 e. The monoisotopic (exact) mass is 445 g/mol. The Labute approximate surface area is 188 Å².